The van der Waals surface area contributed by atoms with Crippen LogP contribution < -0.4 is 5.32 Å². The molecule has 0 saturated carbocycles. The van der Waals surface area contributed by atoms with Gasteiger partial charge < -0.3 is 5.32 Å². The van der Waals surface area contributed by atoms with Gasteiger partial charge in [-0.25, -0.2) is 0 Å². The maximum Gasteiger partial charge on any atom is 0.0779 e. The molecule has 0 unspecified atom stereocenters. The van der Waals surface area contributed by atoms with Gasteiger partial charge in [-0.3, -0.25) is 0 Å². The third-order valence-electron chi connectivity index (χ3n) is 1.76. The van der Waals surface area contributed by atoms with Crippen LogP contribution in [0.5, 0.6) is 0 Å². The van der Waals surface area contributed by atoms with E-state index in [1.807, 2.05) is 18.2 Å². The first-order valence-corrected chi connectivity index (χ1v) is 5.75. The summed E-state index contributed by atoms with van der Waals surface area (Å²) in [5.41, 5.74) is 1.24. The van der Waals surface area contributed by atoms with Gasteiger partial charge >= 0.3 is 0 Å². The summed E-state index contributed by atoms with van der Waals surface area (Å²) >= 11 is 9.51. The SMILES string of the molecule is CC(C)(C)CNc1cccc(Br)c1Cl. The van der Waals surface area contributed by atoms with Crippen LogP contribution in [0, 0.1) is 5.41 Å². The van der Waals surface area contributed by atoms with Crippen molar-refractivity contribution < 1.29 is 0 Å². The number of rotatable bonds is 2. The molecule has 0 saturated heterocycles. The Morgan fingerprint density at radius 2 is 2.00 bits per heavy atom. The summed E-state index contributed by atoms with van der Waals surface area (Å²) < 4.78 is 0.929. The zero-order valence-corrected chi connectivity index (χ0v) is 11.0. The minimum Gasteiger partial charge on any atom is -0.383 e. The van der Waals surface area contributed by atoms with Crippen molar-refractivity contribution in [1.29, 1.82) is 0 Å². The van der Waals surface area contributed by atoms with Crippen molar-refractivity contribution in [1.82, 2.24) is 0 Å². The van der Waals surface area contributed by atoms with Crippen LogP contribution in [-0.4, -0.2) is 6.54 Å². The second-order valence-electron chi connectivity index (χ2n) is 4.52. The highest BCUT2D eigenvalue weighted by atomic mass is 79.9. The van der Waals surface area contributed by atoms with E-state index in [1.54, 1.807) is 0 Å². The first-order chi connectivity index (χ1) is 6.40. The Morgan fingerprint density at radius 1 is 1.36 bits per heavy atom. The molecule has 0 heterocycles. The normalized spacial score (nSPS) is 11.5. The van der Waals surface area contributed by atoms with Gasteiger partial charge in [0.25, 0.3) is 0 Å². The summed E-state index contributed by atoms with van der Waals surface area (Å²) in [6.45, 7) is 7.47. The second kappa shape index (κ2) is 4.54. The fraction of sp³-hybridized carbons (Fsp3) is 0.455. The van der Waals surface area contributed by atoms with Gasteiger partial charge in [0, 0.05) is 11.0 Å². The molecule has 0 aromatic heterocycles. The number of anilines is 1. The van der Waals surface area contributed by atoms with Gasteiger partial charge in [0.15, 0.2) is 0 Å². The summed E-state index contributed by atoms with van der Waals surface area (Å²) in [5.74, 6) is 0. The van der Waals surface area contributed by atoms with Crippen LogP contribution >= 0.6 is 27.5 Å². The van der Waals surface area contributed by atoms with Gasteiger partial charge in [0.1, 0.15) is 0 Å². The lowest BCUT2D eigenvalue weighted by Crippen LogP contribution is -2.19. The number of halogens is 2. The molecule has 1 nitrogen and oxygen atoms in total. The molecule has 0 aliphatic carbocycles. The van der Waals surface area contributed by atoms with E-state index in [1.165, 1.54) is 0 Å². The Morgan fingerprint density at radius 3 is 2.57 bits per heavy atom. The maximum atomic E-state index is 6.11. The largest absolute Gasteiger partial charge is 0.383 e. The van der Waals surface area contributed by atoms with Gasteiger partial charge in [0.05, 0.1) is 10.7 Å². The van der Waals surface area contributed by atoms with Gasteiger partial charge in [-0.15, -0.1) is 0 Å². The zero-order chi connectivity index (χ0) is 10.8. The lowest BCUT2D eigenvalue weighted by Gasteiger charge is -2.20. The Bertz CT molecular complexity index is 318. The maximum absolute atomic E-state index is 6.11. The highest BCUT2D eigenvalue weighted by molar-refractivity contribution is 9.10. The van der Waals surface area contributed by atoms with Gasteiger partial charge in [-0.1, -0.05) is 38.4 Å². The molecule has 0 fully saturated rings. The summed E-state index contributed by atoms with van der Waals surface area (Å²) in [4.78, 5) is 0. The second-order valence-corrected chi connectivity index (χ2v) is 5.75. The van der Waals surface area contributed by atoms with Crippen molar-refractivity contribution in [3.8, 4) is 0 Å². The Hall–Kier alpha value is -0.210. The van der Waals surface area contributed by atoms with E-state index in [0.717, 1.165) is 21.7 Å². The molecule has 0 radical (unpaired) electrons. The van der Waals surface area contributed by atoms with Crippen LogP contribution in [0.3, 0.4) is 0 Å². The molecule has 1 aromatic rings. The van der Waals surface area contributed by atoms with Crippen LogP contribution in [0.2, 0.25) is 5.02 Å². The molecule has 3 heteroatoms. The molecule has 1 N–H and O–H groups in total. The summed E-state index contributed by atoms with van der Waals surface area (Å²) in [6.07, 6.45) is 0. The molecule has 14 heavy (non-hydrogen) atoms. The summed E-state index contributed by atoms with van der Waals surface area (Å²) in [6, 6.07) is 5.89. The first-order valence-electron chi connectivity index (χ1n) is 4.58. The van der Waals surface area contributed by atoms with E-state index in [2.05, 4.69) is 42.0 Å². The molecule has 78 valence electrons. The van der Waals surface area contributed by atoms with Crippen molar-refractivity contribution in [2.45, 2.75) is 20.8 Å². The highest BCUT2D eigenvalue weighted by Gasteiger charge is 2.11. The zero-order valence-electron chi connectivity index (χ0n) is 8.70. The number of hydrogen-bond acceptors (Lipinski definition) is 1. The van der Waals surface area contributed by atoms with Gasteiger partial charge in [-0.05, 0) is 33.5 Å². The predicted molar refractivity (Wildman–Crippen MR) is 67.1 cm³/mol. The van der Waals surface area contributed by atoms with E-state index in [4.69, 9.17) is 11.6 Å². The summed E-state index contributed by atoms with van der Waals surface area (Å²) in [5, 5.41) is 4.08. The lowest BCUT2D eigenvalue weighted by atomic mass is 9.97. The van der Waals surface area contributed by atoms with Crippen molar-refractivity contribution in [2.75, 3.05) is 11.9 Å². The van der Waals surface area contributed by atoms with Crippen LogP contribution in [0.15, 0.2) is 22.7 Å². The van der Waals surface area contributed by atoms with Crippen LogP contribution in [0.25, 0.3) is 0 Å². The Labute approximate surface area is 99.0 Å². The van der Waals surface area contributed by atoms with E-state index in [-0.39, 0.29) is 5.41 Å². The summed E-state index contributed by atoms with van der Waals surface area (Å²) in [7, 11) is 0. The molecule has 0 bridgehead atoms. The molecular weight excluding hydrogens is 261 g/mol. The average Bonchev–Trinajstić information content (AvgIpc) is 2.06. The van der Waals surface area contributed by atoms with E-state index < -0.39 is 0 Å². The molecule has 0 atom stereocenters. The average molecular weight is 277 g/mol. The van der Waals surface area contributed by atoms with E-state index in [9.17, 15) is 0 Å². The van der Waals surface area contributed by atoms with Crippen molar-refractivity contribution in [2.24, 2.45) is 5.41 Å². The standard InChI is InChI=1S/C11H15BrClN/c1-11(2,3)7-14-9-6-4-5-8(12)10(9)13/h4-6,14H,7H2,1-3H3. The number of benzene rings is 1. The van der Waals surface area contributed by atoms with Crippen molar-refractivity contribution >= 4 is 33.2 Å². The number of nitrogens with one attached hydrogen (secondary N) is 1. The molecule has 1 aromatic carbocycles. The van der Waals surface area contributed by atoms with E-state index >= 15 is 0 Å². The number of hydrogen-bond donors (Lipinski definition) is 1. The minimum absolute atomic E-state index is 0.256. The fourth-order valence-electron chi connectivity index (χ4n) is 1.00. The van der Waals surface area contributed by atoms with Crippen molar-refractivity contribution in [3.63, 3.8) is 0 Å². The predicted octanol–water partition coefficient (Wildman–Crippen LogP) is 4.56. The molecule has 0 spiro atoms. The monoisotopic (exact) mass is 275 g/mol. The quantitative estimate of drug-likeness (QED) is 0.835. The van der Waals surface area contributed by atoms with Gasteiger partial charge in [0.2, 0.25) is 0 Å². The molecule has 1 rings (SSSR count). The third-order valence-corrected chi connectivity index (χ3v) is 3.06. The smallest absolute Gasteiger partial charge is 0.0779 e. The third kappa shape index (κ3) is 3.50. The Kier molecular flexibility index (Phi) is 3.85. The van der Waals surface area contributed by atoms with Gasteiger partial charge in [-0.2, -0.15) is 0 Å². The molecule has 0 aliphatic heterocycles. The lowest BCUT2D eigenvalue weighted by molar-refractivity contribution is 0.443. The molecular formula is C11H15BrClN. The van der Waals surface area contributed by atoms with Crippen LogP contribution in [-0.2, 0) is 0 Å². The van der Waals surface area contributed by atoms with E-state index in [0.29, 0.717) is 0 Å². The topological polar surface area (TPSA) is 12.0 Å². The minimum atomic E-state index is 0.256. The Balaban J connectivity index is 2.73. The fourth-order valence-corrected chi connectivity index (χ4v) is 1.56. The highest BCUT2D eigenvalue weighted by Crippen LogP contribution is 2.30. The molecule has 0 amide bonds. The molecule has 0 aliphatic rings. The first kappa shape index (κ1) is 11.9. The van der Waals surface area contributed by atoms with Crippen LogP contribution in [0.4, 0.5) is 5.69 Å². The van der Waals surface area contributed by atoms with Crippen LogP contribution in [0.1, 0.15) is 20.8 Å². The van der Waals surface area contributed by atoms with Crippen molar-refractivity contribution in [3.05, 3.63) is 27.7 Å².